The van der Waals surface area contributed by atoms with Gasteiger partial charge in [0.05, 0.1) is 0 Å². The van der Waals surface area contributed by atoms with Gasteiger partial charge in [-0.05, 0) is 135 Å². The van der Waals surface area contributed by atoms with Crippen molar-refractivity contribution < 1.29 is 0 Å². The van der Waals surface area contributed by atoms with Crippen LogP contribution in [0.2, 0.25) is 0 Å². The molecule has 0 aromatic rings. The standard InChI is InChI=1S/C37H64/c1-8-13-29(9-2)16-10-11-17-30-22-24-36(6)31(26-30)18-19-32-34-21-20-33(28(5)15-12-14-27(3)4)37(34,7)25-23-35(32)36/h10,16,18,27-30,32-35H,8-9,11-15,17,19-26H2,1-7H3/b16-10+. The summed E-state index contributed by atoms with van der Waals surface area (Å²) >= 11 is 0. The number of rotatable bonds is 12. The first-order valence-electron chi connectivity index (χ1n) is 17.1. The molecule has 0 saturated heterocycles. The quantitative estimate of drug-likeness (QED) is 0.230. The average Bonchev–Trinajstić information content (AvgIpc) is 3.23. The molecule has 3 fully saturated rings. The number of allylic oxidation sites excluding steroid dienone is 4. The van der Waals surface area contributed by atoms with E-state index in [9.17, 15) is 0 Å². The lowest BCUT2D eigenvalue weighted by molar-refractivity contribution is -0.0529. The first-order valence-corrected chi connectivity index (χ1v) is 17.1. The first-order chi connectivity index (χ1) is 17.7. The molecule has 0 N–H and O–H groups in total. The van der Waals surface area contributed by atoms with Crippen LogP contribution in [0, 0.1) is 58.2 Å². The lowest BCUT2D eigenvalue weighted by atomic mass is 9.46. The fourth-order valence-corrected chi connectivity index (χ4v) is 10.4. The van der Waals surface area contributed by atoms with Gasteiger partial charge < -0.3 is 0 Å². The van der Waals surface area contributed by atoms with Crippen molar-refractivity contribution >= 4 is 0 Å². The highest BCUT2D eigenvalue weighted by molar-refractivity contribution is 5.25. The molecule has 0 nitrogen and oxygen atoms in total. The smallest absolute Gasteiger partial charge is 0.00851 e. The maximum absolute atomic E-state index is 2.81. The molecule has 37 heavy (non-hydrogen) atoms. The van der Waals surface area contributed by atoms with E-state index in [0.717, 1.165) is 47.3 Å². The van der Waals surface area contributed by atoms with Gasteiger partial charge in [0.2, 0.25) is 0 Å². The fraction of sp³-hybridized carbons (Fsp3) is 0.892. The van der Waals surface area contributed by atoms with E-state index in [0.29, 0.717) is 10.8 Å². The van der Waals surface area contributed by atoms with Gasteiger partial charge in [0.25, 0.3) is 0 Å². The highest BCUT2D eigenvalue weighted by Crippen LogP contribution is 2.67. The zero-order valence-electron chi connectivity index (χ0n) is 26.2. The second-order valence-electron chi connectivity index (χ2n) is 15.4. The Balaban J connectivity index is 1.35. The zero-order valence-corrected chi connectivity index (χ0v) is 26.2. The molecule has 4 rings (SSSR count). The van der Waals surface area contributed by atoms with Crippen LogP contribution in [0.4, 0.5) is 0 Å². The molecular formula is C37H64. The highest BCUT2D eigenvalue weighted by Gasteiger charge is 2.59. The summed E-state index contributed by atoms with van der Waals surface area (Å²) in [7, 11) is 0. The summed E-state index contributed by atoms with van der Waals surface area (Å²) < 4.78 is 0. The van der Waals surface area contributed by atoms with Crippen molar-refractivity contribution in [2.75, 3.05) is 0 Å². The molecular weight excluding hydrogens is 444 g/mol. The Morgan fingerprint density at radius 2 is 1.76 bits per heavy atom. The Morgan fingerprint density at radius 3 is 2.49 bits per heavy atom. The zero-order chi connectivity index (χ0) is 26.6. The molecule has 4 aliphatic rings. The van der Waals surface area contributed by atoms with Crippen LogP contribution in [-0.2, 0) is 0 Å². The molecule has 0 heteroatoms. The SMILES string of the molecule is CCCC(/C=C/CCC1CCC2(C)C(=CCC3C2CCC2(C)C(C(C)CCCC(C)C)CCC32)C1)CC. The fourth-order valence-electron chi connectivity index (χ4n) is 10.4. The van der Waals surface area contributed by atoms with Gasteiger partial charge in [-0.3, -0.25) is 0 Å². The second kappa shape index (κ2) is 12.8. The number of hydrogen-bond donors (Lipinski definition) is 0. The van der Waals surface area contributed by atoms with Gasteiger partial charge in [0, 0.05) is 0 Å². The number of hydrogen-bond acceptors (Lipinski definition) is 0. The predicted molar refractivity (Wildman–Crippen MR) is 164 cm³/mol. The third-order valence-corrected chi connectivity index (χ3v) is 12.7. The Bertz CT molecular complexity index is 771. The van der Waals surface area contributed by atoms with Gasteiger partial charge in [-0.15, -0.1) is 0 Å². The van der Waals surface area contributed by atoms with E-state index in [2.05, 4.69) is 66.7 Å². The highest BCUT2D eigenvalue weighted by atomic mass is 14.6. The lowest BCUT2D eigenvalue weighted by Crippen LogP contribution is -2.50. The Kier molecular flexibility index (Phi) is 10.2. The third kappa shape index (κ3) is 6.30. The largest absolute Gasteiger partial charge is 0.0882 e. The maximum atomic E-state index is 2.81. The summed E-state index contributed by atoms with van der Waals surface area (Å²) in [5.41, 5.74) is 3.04. The lowest BCUT2D eigenvalue weighted by Gasteiger charge is -2.58. The molecule has 9 unspecified atom stereocenters. The molecule has 0 aromatic carbocycles. The second-order valence-corrected chi connectivity index (χ2v) is 15.4. The normalized spacial score (nSPS) is 39.2. The van der Waals surface area contributed by atoms with E-state index in [1.807, 2.05) is 5.57 Å². The molecule has 4 aliphatic carbocycles. The molecule has 0 aromatic heterocycles. The van der Waals surface area contributed by atoms with Crippen molar-refractivity contribution in [2.45, 2.75) is 151 Å². The van der Waals surface area contributed by atoms with Crippen LogP contribution in [0.1, 0.15) is 151 Å². The molecule has 0 bridgehead atoms. The van der Waals surface area contributed by atoms with E-state index < -0.39 is 0 Å². The molecule has 0 spiro atoms. The molecule has 3 saturated carbocycles. The van der Waals surface area contributed by atoms with E-state index in [-0.39, 0.29) is 0 Å². The minimum atomic E-state index is 0.520. The van der Waals surface area contributed by atoms with Crippen LogP contribution < -0.4 is 0 Å². The Hall–Kier alpha value is -0.520. The van der Waals surface area contributed by atoms with Crippen LogP contribution in [0.25, 0.3) is 0 Å². The molecule has 9 atom stereocenters. The number of fused-ring (bicyclic) bond motifs is 5. The minimum absolute atomic E-state index is 0.520. The van der Waals surface area contributed by atoms with Crippen molar-refractivity contribution in [1.29, 1.82) is 0 Å². The van der Waals surface area contributed by atoms with Crippen LogP contribution in [-0.4, -0.2) is 0 Å². The van der Waals surface area contributed by atoms with Gasteiger partial charge in [0.15, 0.2) is 0 Å². The van der Waals surface area contributed by atoms with Crippen LogP contribution >= 0.6 is 0 Å². The van der Waals surface area contributed by atoms with E-state index in [1.165, 1.54) is 103 Å². The van der Waals surface area contributed by atoms with Crippen molar-refractivity contribution in [3.05, 3.63) is 23.8 Å². The molecule has 0 heterocycles. The topological polar surface area (TPSA) is 0 Å². The van der Waals surface area contributed by atoms with E-state index in [1.54, 1.807) is 0 Å². The average molecular weight is 509 g/mol. The maximum Gasteiger partial charge on any atom is -0.00851 e. The van der Waals surface area contributed by atoms with Gasteiger partial charge in [-0.25, -0.2) is 0 Å². The monoisotopic (exact) mass is 509 g/mol. The van der Waals surface area contributed by atoms with Gasteiger partial charge >= 0.3 is 0 Å². The van der Waals surface area contributed by atoms with E-state index >= 15 is 0 Å². The molecule has 0 amide bonds. The van der Waals surface area contributed by atoms with Crippen molar-refractivity contribution in [1.82, 2.24) is 0 Å². The Labute approximate surface area is 232 Å². The predicted octanol–water partition coefficient (Wildman–Crippen LogP) is 11.8. The summed E-state index contributed by atoms with van der Waals surface area (Å²) in [6.45, 7) is 17.5. The van der Waals surface area contributed by atoms with Crippen LogP contribution in [0.5, 0.6) is 0 Å². The van der Waals surface area contributed by atoms with Gasteiger partial charge in [-0.2, -0.15) is 0 Å². The first kappa shape index (κ1) is 29.5. The van der Waals surface area contributed by atoms with Crippen molar-refractivity contribution in [2.24, 2.45) is 58.2 Å². The summed E-state index contributed by atoms with van der Waals surface area (Å²) in [6, 6.07) is 0. The minimum Gasteiger partial charge on any atom is -0.0882 e. The molecule has 0 aliphatic heterocycles. The summed E-state index contributed by atoms with van der Waals surface area (Å²) in [5.74, 6) is 7.47. The van der Waals surface area contributed by atoms with Crippen LogP contribution in [0.15, 0.2) is 23.8 Å². The molecule has 212 valence electrons. The van der Waals surface area contributed by atoms with Gasteiger partial charge in [-0.1, -0.05) is 98.0 Å². The third-order valence-electron chi connectivity index (χ3n) is 12.7. The van der Waals surface area contributed by atoms with Crippen molar-refractivity contribution in [3.8, 4) is 0 Å². The molecule has 0 radical (unpaired) electrons. The van der Waals surface area contributed by atoms with E-state index in [4.69, 9.17) is 0 Å². The van der Waals surface area contributed by atoms with Crippen molar-refractivity contribution in [3.63, 3.8) is 0 Å². The van der Waals surface area contributed by atoms with Gasteiger partial charge in [0.1, 0.15) is 0 Å². The van der Waals surface area contributed by atoms with Crippen LogP contribution in [0.3, 0.4) is 0 Å². The summed E-state index contributed by atoms with van der Waals surface area (Å²) in [6.07, 6.45) is 30.8. The summed E-state index contributed by atoms with van der Waals surface area (Å²) in [5, 5.41) is 0. The summed E-state index contributed by atoms with van der Waals surface area (Å²) in [4.78, 5) is 0. The Morgan fingerprint density at radius 1 is 0.946 bits per heavy atom.